The number of hydrogen-bond acceptors (Lipinski definition) is 4. The summed E-state index contributed by atoms with van der Waals surface area (Å²) in [5, 5.41) is 2.69. The van der Waals surface area contributed by atoms with Gasteiger partial charge in [-0.25, -0.2) is 0 Å². The first-order valence-electron chi connectivity index (χ1n) is 9.57. The fourth-order valence-corrected chi connectivity index (χ4v) is 3.28. The maximum absolute atomic E-state index is 12.4. The Hall–Kier alpha value is -3.02. The molecule has 1 aliphatic rings. The van der Waals surface area contributed by atoms with Crippen molar-refractivity contribution >= 4 is 17.5 Å². The number of ether oxygens (including phenoxy) is 1. The number of likely N-dealkylation sites (N-methyl/N-ethyl adjacent to an activating group) is 2. The molecule has 2 aromatic rings. The van der Waals surface area contributed by atoms with Gasteiger partial charge in [-0.1, -0.05) is 29.8 Å². The van der Waals surface area contributed by atoms with Crippen LogP contribution in [0.25, 0.3) is 0 Å². The van der Waals surface area contributed by atoms with Crippen molar-refractivity contribution in [2.45, 2.75) is 20.0 Å². The molecule has 0 aliphatic carbocycles. The van der Waals surface area contributed by atoms with E-state index in [1.807, 2.05) is 43.3 Å². The molecule has 0 saturated heterocycles. The van der Waals surface area contributed by atoms with Gasteiger partial charge in [0.15, 0.2) is 0 Å². The van der Waals surface area contributed by atoms with Crippen molar-refractivity contribution in [2.24, 2.45) is 0 Å². The van der Waals surface area contributed by atoms with Gasteiger partial charge in [-0.15, -0.1) is 0 Å². The molecule has 0 aromatic heterocycles. The van der Waals surface area contributed by atoms with E-state index in [-0.39, 0.29) is 24.5 Å². The number of para-hydroxylation sites is 2. The van der Waals surface area contributed by atoms with Crippen LogP contribution in [0.5, 0.6) is 5.75 Å². The van der Waals surface area contributed by atoms with Crippen LogP contribution in [0.1, 0.15) is 22.8 Å². The van der Waals surface area contributed by atoms with E-state index in [0.717, 1.165) is 30.1 Å². The molecular formula is C22H27N3O3. The lowest BCUT2D eigenvalue weighted by Crippen LogP contribution is -2.48. The van der Waals surface area contributed by atoms with E-state index in [9.17, 15) is 9.59 Å². The van der Waals surface area contributed by atoms with E-state index in [1.54, 1.807) is 24.1 Å². The number of hydrogen-bond donors (Lipinski definition) is 1. The first-order valence-corrected chi connectivity index (χ1v) is 9.57. The lowest BCUT2D eigenvalue weighted by molar-refractivity contribution is -0.129. The Morgan fingerprint density at radius 3 is 2.61 bits per heavy atom. The van der Waals surface area contributed by atoms with Crippen LogP contribution in [0.4, 0.5) is 5.69 Å². The van der Waals surface area contributed by atoms with Crippen LogP contribution in [-0.2, 0) is 4.79 Å². The summed E-state index contributed by atoms with van der Waals surface area (Å²) in [7, 11) is 1.74. The van der Waals surface area contributed by atoms with Crippen molar-refractivity contribution in [3.8, 4) is 5.75 Å². The minimum absolute atomic E-state index is 0.0377. The quantitative estimate of drug-likeness (QED) is 0.835. The molecule has 2 aromatic carbocycles. The summed E-state index contributed by atoms with van der Waals surface area (Å²) in [6.07, 6.45) is -0.114. The van der Waals surface area contributed by atoms with E-state index in [2.05, 4.69) is 17.1 Å². The monoisotopic (exact) mass is 381 g/mol. The average molecular weight is 381 g/mol. The van der Waals surface area contributed by atoms with Gasteiger partial charge in [0.1, 0.15) is 11.9 Å². The number of nitrogens with zero attached hydrogens (tertiary/aromatic N) is 2. The summed E-state index contributed by atoms with van der Waals surface area (Å²) in [5.74, 6) is 0.446. The number of amides is 2. The second kappa shape index (κ2) is 8.78. The molecule has 6 heteroatoms. The third-order valence-electron chi connectivity index (χ3n) is 4.92. The molecule has 0 bridgehead atoms. The molecule has 6 nitrogen and oxygen atoms in total. The topological polar surface area (TPSA) is 61.9 Å². The number of fused-ring (bicyclic) bond motifs is 1. The van der Waals surface area contributed by atoms with E-state index in [4.69, 9.17) is 4.74 Å². The predicted octanol–water partition coefficient (Wildman–Crippen LogP) is 2.47. The van der Waals surface area contributed by atoms with Crippen molar-refractivity contribution in [1.29, 1.82) is 0 Å². The highest BCUT2D eigenvalue weighted by Gasteiger charge is 2.26. The normalized spacial score (nSPS) is 15.4. The Kier molecular flexibility index (Phi) is 6.19. The van der Waals surface area contributed by atoms with Crippen molar-refractivity contribution in [2.75, 3.05) is 38.1 Å². The van der Waals surface area contributed by atoms with Gasteiger partial charge in [0.2, 0.25) is 5.91 Å². The highest BCUT2D eigenvalue weighted by atomic mass is 16.5. The molecule has 3 rings (SSSR count). The molecule has 1 heterocycles. The molecule has 0 saturated carbocycles. The molecule has 1 aliphatic heterocycles. The Labute approximate surface area is 166 Å². The molecule has 0 fully saturated rings. The maximum atomic E-state index is 12.4. The Morgan fingerprint density at radius 2 is 1.89 bits per heavy atom. The van der Waals surface area contributed by atoms with Gasteiger partial charge < -0.3 is 19.9 Å². The largest absolute Gasteiger partial charge is 0.485 e. The summed E-state index contributed by atoms with van der Waals surface area (Å²) >= 11 is 0. The van der Waals surface area contributed by atoms with E-state index >= 15 is 0 Å². The summed E-state index contributed by atoms with van der Waals surface area (Å²) in [5.41, 5.74) is 2.72. The third-order valence-corrected chi connectivity index (χ3v) is 4.92. The Bertz CT molecular complexity index is 835. The second-order valence-electron chi connectivity index (χ2n) is 7.07. The lowest BCUT2D eigenvalue weighted by Gasteiger charge is -2.37. The highest BCUT2D eigenvalue weighted by Crippen LogP contribution is 2.32. The number of carbonyl (C=O) groups excluding carboxylic acids is 2. The zero-order valence-electron chi connectivity index (χ0n) is 16.6. The molecule has 0 spiro atoms. The van der Waals surface area contributed by atoms with Crippen molar-refractivity contribution in [1.82, 2.24) is 10.2 Å². The number of rotatable bonds is 6. The Balaban J connectivity index is 1.53. The van der Waals surface area contributed by atoms with Gasteiger partial charge in [-0.2, -0.15) is 0 Å². The fraction of sp³-hybridized carbons (Fsp3) is 0.364. The van der Waals surface area contributed by atoms with Crippen LogP contribution < -0.4 is 15.0 Å². The fourth-order valence-electron chi connectivity index (χ4n) is 3.28. The van der Waals surface area contributed by atoms with Gasteiger partial charge in [0.25, 0.3) is 5.91 Å². The van der Waals surface area contributed by atoms with Crippen LogP contribution in [0, 0.1) is 6.92 Å². The third kappa shape index (κ3) is 4.63. The number of nitrogens with one attached hydrogen (secondary N) is 1. The molecule has 1 unspecified atom stereocenters. The predicted molar refractivity (Wildman–Crippen MR) is 110 cm³/mol. The molecular weight excluding hydrogens is 354 g/mol. The van der Waals surface area contributed by atoms with E-state index in [0.29, 0.717) is 12.1 Å². The minimum Gasteiger partial charge on any atom is -0.485 e. The number of aryl methyl sites for hydroxylation is 1. The molecule has 2 amide bonds. The number of benzene rings is 2. The minimum atomic E-state index is -0.248. The summed E-state index contributed by atoms with van der Waals surface area (Å²) < 4.78 is 6.07. The van der Waals surface area contributed by atoms with Gasteiger partial charge >= 0.3 is 0 Å². The number of carbonyl (C=O) groups is 2. The number of anilines is 1. The van der Waals surface area contributed by atoms with Gasteiger partial charge in [-0.05, 0) is 38.1 Å². The van der Waals surface area contributed by atoms with Crippen LogP contribution in [0.2, 0.25) is 0 Å². The van der Waals surface area contributed by atoms with Gasteiger partial charge in [0, 0.05) is 19.2 Å². The van der Waals surface area contributed by atoms with Crippen molar-refractivity contribution in [3.05, 3.63) is 59.7 Å². The summed E-state index contributed by atoms with van der Waals surface area (Å²) in [6, 6.07) is 15.2. The van der Waals surface area contributed by atoms with Crippen molar-refractivity contribution in [3.63, 3.8) is 0 Å². The zero-order chi connectivity index (χ0) is 20.1. The summed E-state index contributed by atoms with van der Waals surface area (Å²) in [4.78, 5) is 28.5. The van der Waals surface area contributed by atoms with Gasteiger partial charge in [0.05, 0.1) is 25.3 Å². The highest BCUT2D eigenvalue weighted by molar-refractivity contribution is 5.96. The first kappa shape index (κ1) is 19.7. The average Bonchev–Trinajstić information content (AvgIpc) is 2.71. The second-order valence-corrected chi connectivity index (χ2v) is 7.07. The molecule has 0 radical (unpaired) electrons. The van der Waals surface area contributed by atoms with E-state index < -0.39 is 0 Å². The van der Waals surface area contributed by atoms with Crippen LogP contribution in [0.3, 0.4) is 0 Å². The smallest absolute Gasteiger partial charge is 0.251 e. The Morgan fingerprint density at radius 1 is 1.18 bits per heavy atom. The molecule has 148 valence electrons. The van der Waals surface area contributed by atoms with Crippen LogP contribution in [0.15, 0.2) is 48.5 Å². The lowest BCUT2D eigenvalue weighted by atomic mass is 10.1. The van der Waals surface area contributed by atoms with Gasteiger partial charge in [-0.3, -0.25) is 9.59 Å². The van der Waals surface area contributed by atoms with E-state index in [1.165, 1.54) is 0 Å². The summed E-state index contributed by atoms with van der Waals surface area (Å²) in [6.45, 7) is 6.09. The molecule has 1 atom stereocenters. The van der Waals surface area contributed by atoms with Crippen LogP contribution >= 0.6 is 0 Å². The zero-order valence-corrected chi connectivity index (χ0v) is 16.6. The van der Waals surface area contributed by atoms with Crippen molar-refractivity contribution < 1.29 is 14.3 Å². The standard InChI is InChI=1S/C22H27N3O3/c1-4-25-15-18(28-20-8-6-5-7-19(20)25)14-24(3)21(26)13-23-22(27)17-11-9-16(2)10-12-17/h5-12,18H,4,13-15H2,1-3H3,(H,23,27). The maximum Gasteiger partial charge on any atom is 0.251 e. The molecule has 1 N–H and O–H groups in total. The molecule has 28 heavy (non-hydrogen) atoms. The van der Waals surface area contributed by atoms with Crippen LogP contribution in [-0.4, -0.2) is 56.0 Å². The first-order chi connectivity index (χ1) is 13.5. The SMILES string of the molecule is CCN1CC(CN(C)C(=O)CNC(=O)c2ccc(C)cc2)Oc2ccccc21.